The van der Waals surface area contributed by atoms with Crippen LogP contribution in [0.4, 0.5) is 0 Å². The highest BCUT2D eigenvalue weighted by Gasteiger charge is 2.31. The Hall–Kier alpha value is -2.60. The number of likely N-dealkylation sites (tertiary alicyclic amines) is 1. The van der Waals surface area contributed by atoms with Gasteiger partial charge in [-0.25, -0.2) is 4.79 Å². The minimum atomic E-state index is -0.503. The van der Waals surface area contributed by atoms with Crippen molar-refractivity contribution in [3.63, 3.8) is 0 Å². The van der Waals surface area contributed by atoms with Crippen LogP contribution in [0.5, 0.6) is 0 Å². The van der Waals surface area contributed by atoms with Gasteiger partial charge in [-0.3, -0.25) is 4.79 Å². The van der Waals surface area contributed by atoms with Crippen LogP contribution in [0.3, 0.4) is 0 Å². The number of para-hydroxylation sites is 1. The fourth-order valence-electron chi connectivity index (χ4n) is 3.31. The summed E-state index contributed by atoms with van der Waals surface area (Å²) in [5.41, 5.74) is 1.24. The summed E-state index contributed by atoms with van der Waals surface area (Å²) < 4.78 is 5.24. The third-order valence-corrected chi connectivity index (χ3v) is 5.49. The topological polar surface area (TPSA) is 62.4 Å². The van der Waals surface area contributed by atoms with Gasteiger partial charge in [0.05, 0.1) is 6.04 Å². The number of thiophene rings is 1. The van der Waals surface area contributed by atoms with E-state index in [1.54, 1.807) is 17.4 Å². The Morgan fingerprint density at radius 3 is 2.92 bits per heavy atom. The van der Waals surface area contributed by atoms with Crippen LogP contribution in [-0.4, -0.2) is 34.9 Å². The first-order chi connectivity index (χ1) is 12.2. The van der Waals surface area contributed by atoms with Gasteiger partial charge in [-0.1, -0.05) is 24.3 Å². The lowest BCUT2D eigenvalue weighted by Gasteiger charge is -2.23. The average molecular weight is 354 g/mol. The quantitative estimate of drug-likeness (QED) is 0.726. The minimum absolute atomic E-state index is 0.110. The molecule has 1 amide bonds. The molecule has 6 heteroatoms. The number of nitrogens with one attached hydrogen (secondary N) is 1. The monoisotopic (exact) mass is 354 g/mol. The zero-order valence-corrected chi connectivity index (χ0v) is 14.4. The lowest BCUT2D eigenvalue weighted by Crippen LogP contribution is -2.34. The van der Waals surface area contributed by atoms with Gasteiger partial charge in [0.25, 0.3) is 5.91 Å². The van der Waals surface area contributed by atoms with Crippen molar-refractivity contribution in [2.75, 3.05) is 13.2 Å². The van der Waals surface area contributed by atoms with Crippen molar-refractivity contribution in [2.24, 2.45) is 0 Å². The average Bonchev–Trinajstić information content (AvgIpc) is 3.38. The van der Waals surface area contributed by atoms with Gasteiger partial charge in [0, 0.05) is 22.3 Å². The highest BCUT2D eigenvalue weighted by molar-refractivity contribution is 7.10. The first-order valence-corrected chi connectivity index (χ1v) is 9.18. The lowest BCUT2D eigenvalue weighted by atomic mass is 10.2. The number of benzene rings is 1. The molecule has 1 N–H and O–H groups in total. The Balaban J connectivity index is 1.40. The Kier molecular flexibility index (Phi) is 4.28. The minimum Gasteiger partial charge on any atom is -0.451 e. The molecule has 1 aliphatic heterocycles. The Morgan fingerprint density at radius 2 is 2.12 bits per heavy atom. The number of carbonyl (C=O) groups excluding carboxylic acids is 2. The Bertz CT molecular complexity index is 867. The predicted octanol–water partition coefficient (Wildman–Crippen LogP) is 3.75. The molecule has 1 aromatic carbocycles. The Morgan fingerprint density at radius 1 is 1.24 bits per heavy atom. The molecule has 2 aromatic heterocycles. The molecule has 128 valence electrons. The van der Waals surface area contributed by atoms with Gasteiger partial charge < -0.3 is 14.6 Å². The van der Waals surface area contributed by atoms with Gasteiger partial charge >= 0.3 is 5.97 Å². The summed E-state index contributed by atoms with van der Waals surface area (Å²) in [6.45, 7) is 0.488. The van der Waals surface area contributed by atoms with Crippen LogP contribution in [0.25, 0.3) is 10.9 Å². The number of aromatic amines is 1. The standard InChI is InChI=1S/C19H18N2O3S/c22-18(21-9-3-7-16(21)17-8-4-10-25-17)12-24-19(23)15-11-13-5-1-2-6-14(13)20-15/h1-2,4-6,8,10-11,16,20H,3,7,9,12H2/t16-/m0/s1. The maximum absolute atomic E-state index is 12.5. The summed E-state index contributed by atoms with van der Waals surface area (Å²) in [5, 5.41) is 2.96. The van der Waals surface area contributed by atoms with Crippen molar-refractivity contribution in [2.45, 2.75) is 18.9 Å². The van der Waals surface area contributed by atoms with Gasteiger partial charge in [0.15, 0.2) is 6.61 Å². The molecule has 5 nitrogen and oxygen atoms in total. The highest BCUT2D eigenvalue weighted by Crippen LogP contribution is 2.34. The number of nitrogens with zero attached hydrogens (tertiary/aromatic N) is 1. The van der Waals surface area contributed by atoms with E-state index in [-0.39, 0.29) is 18.6 Å². The number of fused-ring (bicyclic) bond motifs is 1. The van der Waals surface area contributed by atoms with E-state index in [0.29, 0.717) is 12.2 Å². The fourth-order valence-corrected chi connectivity index (χ4v) is 4.19. The van der Waals surface area contributed by atoms with E-state index in [1.807, 2.05) is 40.6 Å². The molecule has 0 spiro atoms. The summed E-state index contributed by atoms with van der Waals surface area (Å²) in [4.78, 5) is 30.8. The number of H-pyrrole nitrogens is 1. The smallest absolute Gasteiger partial charge is 0.355 e. The van der Waals surface area contributed by atoms with Gasteiger partial charge in [-0.05, 0) is 36.4 Å². The van der Waals surface area contributed by atoms with Gasteiger partial charge in [0.1, 0.15) is 5.69 Å². The summed E-state index contributed by atoms with van der Waals surface area (Å²) >= 11 is 1.66. The van der Waals surface area contributed by atoms with Crippen LogP contribution in [-0.2, 0) is 9.53 Å². The van der Waals surface area contributed by atoms with Gasteiger partial charge in [-0.15, -0.1) is 11.3 Å². The second-order valence-corrected chi connectivity index (χ2v) is 7.09. The SMILES string of the molecule is O=C(OCC(=O)N1CCC[C@H]1c1cccs1)c1cc2ccccc2[nH]1. The third kappa shape index (κ3) is 3.17. The predicted molar refractivity (Wildman–Crippen MR) is 96.6 cm³/mol. The molecule has 1 fully saturated rings. The normalized spacial score (nSPS) is 17.1. The van der Waals surface area contributed by atoms with Crippen LogP contribution < -0.4 is 0 Å². The number of amides is 1. The van der Waals surface area contributed by atoms with E-state index in [1.165, 1.54) is 4.88 Å². The molecule has 25 heavy (non-hydrogen) atoms. The molecule has 3 heterocycles. The number of carbonyl (C=O) groups is 2. The van der Waals surface area contributed by atoms with Crippen molar-refractivity contribution in [3.05, 3.63) is 58.4 Å². The Labute approximate surface area is 149 Å². The third-order valence-electron chi connectivity index (χ3n) is 4.52. The number of ether oxygens (including phenoxy) is 1. The second kappa shape index (κ2) is 6.72. The van der Waals surface area contributed by atoms with Crippen LogP contribution in [0, 0.1) is 0 Å². The molecule has 1 atom stereocenters. The maximum atomic E-state index is 12.5. The number of hydrogen-bond acceptors (Lipinski definition) is 4. The summed E-state index contributed by atoms with van der Waals surface area (Å²) in [7, 11) is 0. The zero-order chi connectivity index (χ0) is 17.2. The van der Waals surface area contributed by atoms with E-state index in [2.05, 4.69) is 11.1 Å². The number of rotatable bonds is 4. The molecule has 0 bridgehead atoms. The first-order valence-electron chi connectivity index (χ1n) is 8.30. The largest absolute Gasteiger partial charge is 0.451 e. The number of esters is 1. The molecule has 0 saturated carbocycles. The van der Waals surface area contributed by atoms with Crippen LogP contribution >= 0.6 is 11.3 Å². The molecule has 0 unspecified atom stereocenters. The van der Waals surface area contributed by atoms with E-state index < -0.39 is 5.97 Å². The molecular formula is C19H18N2O3S. The van der Waals surface area contributed by atoms with E-state index >= 15 is 0 Å². The fraction of sp³-hybridized carbons (Fsp3) is 0.263. The van der Waals surface area contributed by atoms with Gasteiger partial charge in [0.2, 0.25) is 0 Å². The van der Waals surface area contributed by atoms with Crippen LogP contribution in [0.15, 0.2) is 47.8 Å². The van der Waals surface area contributed by atoms with Crippen LogP contribution in [0.2, 0.25) is 0 Å². The maximum Gasteiger partial charge on any atom is 0.355 e. The van der Waals surface area contributed by atoms with Crippen molar-refractivity contribution in [1.29, 1.82) is 0 Å². The van der Waals surface area contributed by atoms with Crippen LogP contribution in [0.1, 0.15) is 34.2 Å². The molecule has 3 aromatic rings. The van der Waals surface area contributed by atoms with Crippen molar-refractivity contribution in [1.82, 2.24) is 9.88 Å². The second-order valence-electron chi connectivity index (χ2n) is 6.11. The summed E-state index contributed by atoms with van der Waals surface area (Å²) in [5.74, 6) is -0.642. The molecule has 1 saturated heterocycles. The lowest BCUT2D eigenvalue weighted by molar-refractivity contribution is -0.135. The summed E-state index contributed by atoms with van der Waals surface area (Å²) in [6, 6.07) is 13.5. The molecule has 0 aliphatic carbocycles. The molecular weight excluding hydrogens is 336 g/mol. The number of aromatic nitrogens is 1. The van der Waals surface area contributed by atoms with Crippen molar-refractivity contribution in [3.8, 4) is 0 Å². The first kappa shape index (κ1) is 15.9. The highest BCUT2D eigenvalue weighted by atomic mass is 32.1. The molecule has 1 aliphatic rings. The molecule has 0 radical (unpaired) electrons. The summed E-state index contributed by atoms with van der Waals surface area (Å²) in [6.07, 6.45) is 1.94. The van der Waals surface area contributed by atoms with Gasteiger partial charge in [-0.2, -0.15) is 0 Å². The van der Waals surface area contributed by atoms with E-state index in [0.717, 1.165) is 23.7 Å². The van der Waals surface area contributed by atoms with Crippen molar-refractivity contribution >= 4 is 34.1 Å². The van der Waals surface area contributed by atoms with E-state index in [4.69, 9.17) is 4.74 Å². The van der Waals surface area contributed by atoms with Crippen molar-refractivity contribution < 1.29 is 14.3 Å². The zero-order valence-electron chi connectivity index (χ0n) is 13.6. The molecule has 4 rings (SSSR count). The number of hydrogen-bond donors (Lipinski definition) is 1. The van der Waals surface area contributed by atoms with E-state index in [9.17, 15) is 9.59 Å².